The number of esters is 1. The van der Waals surface area contributed by atoms with Gasteiger partial charge in [0.15, 0.2) is 11.0 Å². The fourth-order valence-corrected chi connectivity index (χ4v) is 4.49. The van der Waals surface area contributed by atoms with Crippen molar-refractivity contribution >= 4 is 40.2 Å². The molecule has 0 unspecified atom stereocenters. The van der Waals surface area contributed by atoms with Crippen LogP contribution in [-0.2, 0) is 9.53 Å². The Kier molecular flexibility index (Phi) is 6.32. The Morgan fingerprint density at radius 1 is 0.971 bits per heavy atom. The lowest BCUT2D eigenvalue weighted by Crippen LogP contribution is -2.14. The van der Waals surface area contributed by atoms with Crippen molar-refractivity contribution in [2.45, 2.75) is 5.16 Å². The number of aromatic amines is 1. The minimum absolute atomic E-state index is 0.137. The number of rotatable bonds is 7. The van der Waals surface area contributed by atoms with E-state index in [1.54, 1.807) is 24.3 Å². The predicted molar refractivity (Wildman–Crippen MR) is 136 cm³/mol. The number of H-pyrrole nitrogens is 1. The van der Waals surface area contributed by atoms with Gasteiger partial charge in [-0.1, -0.05) is 48.2 Å². The third-order valence-corrected chi connectivity index (χ3v) is 6.33. The number of amides is 1. The number of anilines is 1. The number of methoxy groups -OCH3 is 1. The van der Waals surface area contributed by atoms with Crippen LogP contribution in [0.2, 0.25) is 0 Å². The van der Waals surface area contributed by atoms with Crippen LogP contribution in [0.15, 0.2) is 90.2 Å². The molecule has 0 saturated heterocycles. The number of aromatic nitrogens is 4. The van der Waals surface area contributed by atoms with E-state index in [4.69, 9.17) is 4.74 Å². The molecule has 5 rings (SSSR count). The van der Waals surface area contributed by atoms with Gasteiger partial charge >= 0.3 is 5.97 Å². The van der Waals surface area contributed by atoms with Crippen LogP contribution in [0.3, 0.4) is 0 Å². The minimum Gasteiger partial charge on any atom is -0.465 e. The zero-order valence-electron chi connectivity index (χ0n) is 18.8. The van der Waals surface area contributed by atoms with E-state index in [-0.39, 0.29) is 11.7 Å². The van der Waals surface area contributed by atoms with Gasteiger partial charge in [-0.15, -0.1) is 10.2 Å². The summed E-state index contributed by atoms with van der Waals surface area (Å²) < 4.78 is 6.66. The summed E-state index contributed by atoms with van der Waals surface area (Å²) >= 11 is 1.30. The predicted octanol–water partition coefficient (Wildman–Crippen LogP) is 4.93. The summed E-state index contributed by atoms with van der Waals surface area (Å²) in [5, 5.41) is 13.4. The van der Waals surface area contributed by atoms with Crippen molar-refractivity contribution in [3.05, 3.63) is 90.6 Å². The van der Waals surface area contributed by atoms with Crippen LogP contribution in [0.4, 0.5) is 5.69 Å². The van der Waals surface area contributed by atoms with Gasteiger partial charge in [-0.2, -0.15) is 0 Å². The summed E-state index contributed by atoms with van der Waals surface area (Å²) in [7, 11) is 1.33. The minimum atomic E-state index is -0.426. The number of ether oxygens (including phenoxy) is 1. The molecule has 0 aliphatic heterocycles. The van der Waals surface area contributed by atoms with Crippen molar-refractivity contribution in [2.24, 2.45) is 0 Å². The quantitative estimate of drug-likeness (QED) is 0.251. The first kappa shape index (κ1) is 22.4. The summed E-state index contributed by atoms with van der Waals surface area (Å²) in [6.07, 6.45) is 1.92. The Morgan fingerprint density at radius 2 is 1.71 bits per heavy atom. The first-order valence-electron chi connectivity index (χ1n) is 10.8. The maximum atomic E-state index is 12.6. The molecule has 0 saturated carbocycles. The lowest BCUT2D eigenvalue weighted by molar-refractivity contribution is -0.113. The van der Waals surface area contributed by atoms with Crippen LogP contribution in [0.25, 0.3) is 28.0 Å². The first-order chi connectivity index (χ1) is 17.1. The van der Waals surface area contributed by atoms with Crippen molar-refractivity contribution in [2.75, 3.05) is 18.2 Å². The number of hydrogen-bond acceptors (Lipinski definition) is 6. The van der Waals surface area contributed by atoms with Crippen LogP contribution in [-0.4, -0.2) is 44.5 Å². The third kappa shape index (κ3) is 4.67. The molecule has 0 radical (unpaired) electrons. The summed E-state index contributed by atoms with van der Waals surface area (Å²) in [4.78, 5) is 27.5. The zero-order valence-corrected chi connectivity index (χ0v) is 19.6. The smallest absolute Gasteiger partial charge is 0.337 e. The number of nitrogens with one attached hydrogen (secondary N) is 2. The van der Waals surface area contributed by atoms with Crippen LogP contribution in [0.1, 0.15) is 10.4 Å². The zero-order chi connectivity index (χ0) is 24.2. The van der Waals surface area contributed by atoms with Crippen LogP contribution >= 0.6 is 11.8 Å². The molecule has 2 heterocycles. The summed E-state index contributed by atoms with van der Waals surface area (Å²) in [6.45, 7) is 0. The van der Waals surface area contributed by atoms with Gasteiger partial charge in [0.25, 0.3) is 0 Å². The topological polar surface area (TPSA) is 102 Å². The van der Waals surface area contributed by atoms with Gasteiger partial charge in [-0.05, 0) is 42.5 Å². The maximum Gasteiger partial charge on any atom is 0.337 e. The molecule has 5 aromatic rings. The van der Waals surface area contributed by atoms with E-state index >= 15 is 0 Å². The Balaban J connectivity index is 1.38. The molecule has 0 fully saturated rings. The van der Waals surface area contributed by atoms with Crippen LogP contribution in [0, 0.1) is 0 Å². The molecular weight excluding hydrogens is 462 g/mol. The molecular formula is C26H21N5O3S. The number of para-hydroxylation sites is 2. The molecule has 0 spiro atoms. The SMILES string of the molecule is COC(=O)c1ccc(NC(=O)CSc2nnc(-c3c[nH]c4ccccc34)n2-c2ccccc2)cc1. The normalized spacial score (nSPS) is 10.9. The molecule has 0 bridgehead atoms. The van der Waals surface area contributed by atoms with Gasteiger partial charge in [0.2, 0.25) is 5.91 Å². The standard InChI is InChI=1S/C26H21N5O3S/c1-34-25(33)17-11-13-18(14-12-17)28-23(32)16-35-26-30-29-24(31(26)19-7-3-2-4-8-19)21-15-27-22-10-6-5-9-20(21)22/h2-15,27H,16H2,1H3,(H,28,32). The van der Waals surface area contributed by atoms with E-state index < -0.39 is 5.97 Å². The Labute approximate surface area is 205 Å². The van der Waals surface area contributed by atoms with Crippen LogP contribution < -0.4 is 5.32 Å². The number of nitrogens with zero attached hydrogens (tertiary/aromatic N) is 3. The second-order valence-corrected chi connectivity index (χ2v) is 8.57. The second kappa shape index (κ2) is 9.86. The number of thioether (sulfide) groups is 1. The highest BCUT2D eigenvalue weighted by Gasteiger charge is 2.19. The average Bonchev–Trinajstić information content (AvgIpc) is 3.52. The molecule has 0 aliphatic carbocycles. The van der Waals surface area contributed by atoms with Crippen molar-refractivity contribution in [1.29, 1.82) is 0 Å². The summed E-state index contributed by atoms with van der Waals surface area (Å²) in [5.41, 5.74) is 3.85. The average molecular weight is 484 g/mol. The number of carbonyl (C=O) groups is 2. The van der Waals surface area contributed by atoms with E-state index in [2.05, 4.69) is 20.5 Å². The molecule has 8 nitrogen and oxygen atoms in total. The van der Waals surface area contributed by atoms with E-state index in [1.807, 2.05) is 65.4 Å². The summed E-state index contributed by atoms with van der Waals surface area (Å²) in [5.74, 6) is 0.203. The van der Waals surface area contributed by atoms with E-state index in [1.165, 1.54) is 18.9 Å². The first-order valence-corrected chi connectivity index (χ1v) is 11.8. The highest BCUT2D eigenvalue weighted by Crippen LogP contribution is 2.32. The van der Waals surface area contributed by atoms with Gasteiger partial charge in [-0.3, -0.25) is 9.36 Å². The molecule has 2 N–H and O–H groups in total. The number of hydrogen-bond donors (Lipinski definition) is 2. The Hall–Kier alpha value is -4.37. The summed E-state index contributed by atoms with van der Waals surface area (Å²) in [6, 6.07) is 24.4. The van der Waals surface area contributed by atoms with E-state index in [9.17, 15) is 9.59 Å². The highest BCUT2D eigenvalue weighted by molar-refractivity contribution is 7.99. The molecule has 0 aliphatic rings. The van der Waals surface area contributed by atoms with Gasteiger partial charge in [0.1, 0.15) is 0 Å². The van der Waals surface area contributed by atoms with E-state index in [0.717, 1.165) is 22.2 Å². The molecule has 35 heavy (non-hydrogen) atoms. The number of benzene rings is 3. The van der Waals surface area contributed by atoms with Crippen molar-refractivity contribution in [3.63, 3.8) is 0 Å². The van der Waals surface area contributed by atoms with Gasteiger partial charge in [0, 0.05) is 34.0 Å². The highest BCUT2D eigenvalue weighted by atomic mass is 32.2. The van der Waals surface area contributed by atoms with Gasteiger partial charge < -0.3 is 15.0 Å². The molecule has 0 atom stereocenters. The fraction of sp³-hybridized carbons (Fsp3) is 0.0769. The third-order valence-electron chi connectivity index (χ3n) is 5.40. The number of fused-ring (bicyclic) bond motifs is 1. The molecule has 9 heteroatoms. The second-order valence-electron chi connectivity index (χ2n) is 7.63. The van der Waals surface area contributed by atoms with Crippen LogP contribution in [0.5, 0.6) is 0 Å². The number of carbonyl (C=O) groups excluding carboxylic acids is 2. The van der Waals surface area contributed by atoms with Gasteiger partial charge in [0.05, 0.1) is 18.4 Å². The molecule has 3 aromatic carbocycles. The fourth-order valence-electron chi connectivity index (χ4n) is 3.74. The lowest BCUT2D eigenvalue weighted by atomic mass is 10.1. The Morgan fingerprint density at radius 3 is 2.49 bits per heavy atom. The van der Waals surface area contributed by atoms with Crippen molar-refractivity contribution in [1.82, 2.24) is 19.7 Å². The maximum absolute atomic E-state index is 12.6. The molecule has 2 aromatic heterocycles. The largest absolute Gasteiger partial charge is 0.465 e. The molecule has 174 valence electrons. The molecule has 1 amide bonds. The Bertz CT molecular complexity index is 1490. The lowest BCUT2D eigenvalue weighted by Gasteiger charge is -2.10. The van der Waals surface area contributed by atoms with Crippen molar-refractivity contribution in [3.8, 4) is 17.1 Å². The van der Waals surface area contributed by atoms with Crippen molar-refractivity contribution < 1.29 is 14.3 Å². The van der Waals surface area contributed by atoms with E-state index in [0.29, 0.717) is 22.2 Å². The monoisotopic (exact) mass is 483 g/mol. The van der Waals surface area contributed by atoms with Gasteiger partial charge in [-0.25, -0.2) is 4.79 Å².